The molecule has 3 heterocycles. The Morgan fingerprint density at radius 1 is 1.34 bits per heavy atom. The average Bonchev–Trinajstić information content (AvgIpc) is 3.19. The van der Waals surface area contributed by atoms with Gasteiger partial charge < -0.3 is 19.4 Å². The normalized spacial score (nSPS) is 16.0. The minimum atomic E-state index is -0.222. The molecule has 0 aromatic carbocycles. The maximum atomic E-state index is 12.4. The molecule has 1 amide bonds. The van der Waals surface area contributed by atoms with E-state index in [1.807, 2.05) is 19.9 Å². The number of nitrogens with one attached hydrogen (secondary N) is 1. The fourth-order valence-electron chi connectivity index (χ4n) is 3.16. The Kier molecular flexibility index (Phi) is 7.27. The summed E-state index contributed by atoms with van der Waals surface area (Å²) in [5, 5.41) is 3.54. The maximum Gasteiger partial charge on any atom is 0.240 e. The number of hydrogen-bond acceptors (Lipinski definition) is 7. The molecule has 2 aromatic heterocycles. The molecule has 0 aliphatic carbocycles. The average molecular weight is 419 g/mol. The van der Waals surface area contributed by atoms with Gasteiger partial charge in [0.1, 0.15) is 6.54 Å². The number of hydrogen-bond donors (Lipinski definition) is 1. The van der Waals surface area contributed by atoms with Crippen molar-refractivity contribution in [1.82, 2.24) is 19.9 Å². The summed E-state index contributed by atoms with van der Waals surface area (Å²) in [6.07, 6.45) is 3.65. The number of rotatable bonds is 8. The number of carbonyl (C=O) groups is 1. The number of amides is 1. The van der Waals surface area contributed by atoms with Gasteiger partial charge in [-0.3, -0.25) is 9.59 Å². The van der Waals surface area contributed by atoms with Crippen LogP contribution >= 0.6 is 11.8 Å². The van der Waals surface area contributed by atoms with Crippen LogP contribution in [0.5, 0.6) is 5.75 Å². The lowest BCUT2D eigenvalue weighted by Crippen LogP contribution is -2.34. The second-order valence-corrected chi connectivity index (χ2v) is 7.93. The molecule has 0 radical (unpaired) electrons. The molecular weight excluding hydrogens is 392 g/mol. The summed E-state index contributed by atoms with van der Waals surface area (Å²) >= 11 is 1.42. The van der Waals surface area contributed by atoms with Crippen LogP contribution in [0.15, 0.2) is 28.3 Å². The molecule has 156 valence electrons. The molecule has 3 rings (SSSR count). The van der Waals surface area contributed by atoms with Gasteiger partial charge in [-0.25, -0.2) is 9.97 Å². The van der Waals surface area contributed by atoms with Gasteiger partial charge in [-0.15, -0.1) is 0 Å². The van der Waals surface area contributed by atoms with Gasteiger partial charge >= 0.3 is 0 Å². The summed E-state index contributed by atoms with van der Waals surface area (Å²) in [6.45, 7) is 5.17. The summed E-state index contributed by atoms with van der Waals surface area (Å²) < 4.78 is 12.4. The van der Waals surface area contributed by atoms with Crippen molar-refractivity contribution in [3.05, 3.63) is 45.6 Å². The van der Waals surface area contributed by atoms with Gasteiger partial charge in [0.05, 0.1) is 19.4 Å². The molecule has 1 N–H and O–H groups in total. The maximum absolute atomic E-state index is 12.4. The fraction of sp³-hybridized carbons (Fsp3) is 0.500. The number of aromatic nitrogens is 3. The van der Waals surface area contributed by atoms with Crippen molar-refractivity contribution in [2.24, 2.45) is 0 Å². The van der Waals surface area contributed by atoms with E-state index in [1.165, 1.54) is 24.9 Å². The van der Waals surface area contributed by atoms with Crippen LogP contribution in [-0.4, -0.2) is 46.8 Å². The summed E-state index contributed by atoms with van der Waals surface area (Å²) in [5.41, 5.74) is 2.26. The van der Waals surface area contributed by atoms with E-state index >= 15 is 0 Å². The molecule has 1 atom stereocenters. The lowest BCUT2D eigenvalue weighted by molar-refractivity contribution is -0.122. The first-order chi connectivity index (χ1) is 13.9. The predicted octanol–water partition coefficient (Wildman–Crippen LogP) is 1.85. The number of aryl methyl sites for hydroxylation is 2. The second-order valence-electron chi connectivity index (χ2n) is 6.99. The molecule has 8 nitrogen and oxygen atoms in total. The van der Waals surface area contributed by atoms with E-state index in [4.69, 9.17) is 9.47 Å². The molecule has 2 aromatic rings. The van der Waals surface area contributed by atoms with E-state index in [1.54, 1.807) is 10.8 Å². The summed E-state index contributed by atoms with van der Waals surface area (Å²) in [4.78, 5) is 33.5. The molecule has 0 spiro atoms. The molecule has 1 fully saturated rings. The highest BCUT2D eigenvalue weighted by atomic mass is 32.2. The van der Waals surface area contributed by atoms with Gasteiger partial charge in [-0.05, 0) is 32.8 Å². The van der Waals surface area contributed by atoms with Gasteiger partial charge in [-0.2, -0.15) is 0 Å². The van der Waals surface area contributed by atoms with Crippen LogP contribution in [0.3, 0.4) is 0 Å². The standard InChI is InChI=1S/C20H26N4O4S/c1-13-7-14(2)23-20(22-13)29-12-15-8-17(25)18(27-3)10-24(15)11-19(26)21-9-16-5-4-6-28-16/h7-8,10,16H,4-6,9,11-12H2,1-3H3,(H,21,26). The number of pyridine rings is 1. The van der Waals surface area contributed by atoms with Crippen LogP contribution < -0.4 is 15.5 Å². The number of thioether (sulfide) groups is 1. The van der Waals surface area contributed by atoms with Crippen molar-refractivity contribution in [3.8, 4) is 5.75 Å². The zero-order chi connectivity index (χ0) is 20.8. The third-order valence-corrected chi connectivity index (χ3v) is 5.46. The molecule has 1 aliphatic rings. The predicted molar refractivity (Wildman–Crippen MR) is 110 cm³/mol. The molecular formula is C20H26N4O4S. The van der Waals surface area contributed by atoms with Gasteiger partial charge in [-0.1, -0.05) is 11.8 Å². The van der Waals surface area contributed by atoms with Gasteiger partial charge in [0.2, 0.25) is 11.3 Å². The monoisotopic (exact) mass is 418 g/mol. The van der Waals surface area contributed by atoms with E-state index in [2.05, 4.69) is 15.3 Å². The summed E-state index contributed by atoms with van der Waals surface area (Å²) in [6, 6.07) is 3.41. The Bertz CT molecular complexity index is 905. The van der Waals surface area contributed by atoms with Gasteiger partial charge in [0.15, 0.2) is 10.9 Å². The zero-order valence-corrected chi connectivity index (χ0v) is 17.8. The molecule has 9 heteroatoms. The minimum Gasteiger partial charge on any atom is -0.491 e. The second kappa shape index (κ2) is 9.89. The van der Waals surface area contributed by atoms with Crippen molar-refractivity contribution >= 4 is 17.7 Å². The molecule has 1 aliphatic heterocycles. The van der Waals surface area contributed by atoms with Crippen molar-refractivity contribution in [2.75, 3.05) is 20.3 Å². The van der Waals surface area contributed by atoms with Crippen LogP contribution in [0, 0.1) is 13.8 Å². The topological polar surface area (TPSA) is 95.3 Å². The third kappa shape index (κ3) is 6.04. The minimum absolute atomic E-state index is 0.0826. The SMILES string of the molecule is COc1cn(CC(=O)NCC2CCCO2)c(CSc2nc(C)cc(C)n2)cc1=O. The summed E-state index contributed by atoms with van der Waals surface area (Å²) in [7, 11) is 1.44. The Balaban J connectivity index is 1.72. The van der Waals surface area contributed by atoms with Crippen molar-refractivity contribution in [3.63, 3.8) is 0 Å². The smallest absolute Gasteiger partial charge is 0.240 e. The highest BCUT2D eigenvalue weighted by Gasteiger charge is 2.17. The van der Waals surface area contributed by atoms with Crippen molar-refractivity contribution in [2.45, 2.75) is 50.2 Å². The van der Waals surface area contributed by atoms with Crippen LogP contribution in [0.25, 0.3) is 0 Å². The third-order valence-electron chi connectivity index (χ3n) is 4.58. The first-order valence-electron chi connectivity index (χ1n) is 9.55. The van der Waals surface area contributed by atoms with E-state index in [0.29, 0.717) is 23.1 Å². The number of carbonyl (C=O) groups excluding carboxylic acids is 1. The van der Waals surface area contributed by atoms with Crippen LogP contribution in [-0.2, 0) is 21.8 Å². The lowest BCUT2D eigenvalue weighted by Gasteiger charge is -2.16. The summed E-state index contributed by atoms with van der Waals surface area (Å²) in [5.74, 6) is 0.523. The molecule has 29 heavy (non-hydrogen) atoms. The molecule has 0 bridgehead atoms. The van der Waals surface area contributed by atoms with E-state index in [-0.39, 0.29) is 29.7 Å². The Morgan fingerprint density at radius 3 is 2.76 bits per heavy atom. The Hall–Kier alpha value is -2.39. The highest BCUT2D eigenvalue weighted by Crippen LogP contribution is 2.20. The largest absolute Gasteiger partial charge is 0.491 e. The van der Waals surface area contributed by atoms with Crippen molar-refractivity contribution < 1.29 is 14.3 Å². The van der Waals surface area contributed by atoms with Crippen molar-refractivity contribution in [1.29, 1.82) is 0 Å². The van der Waals surface area contributed by atoms with Gasteiger partial charge in [0, 0.05) is 42.1 Å². The number of nitrogens with zero attached hydrogens (tertiary/aromatic N) is 3. The molecule has 0 saturated carbocycles. The van der Waals surface area contributed by atoms with E-state index in [9.17, 15) is 9.59 Å². The zero-order valence-electron chi connectivity index (χ0n) is 16.9. The highest BCUT2D eigenvalue weighted by molar-refractivity contribution is 7.98. The lowest BCUT2D eigenvalue weighted by atomic mass is 10.2. The fourth-order valence-corrected chi connectivity index (χ4v) is 4.10. The quantitative estimate of drug-likeness (QED) is 0.516. The number of ether oxygens (including phenoxy) is 2. The first-order valence-corrected chi connectivity index (χ1v) is 10.5. The Labute approximate surface area is 174 Å². The Morgan fingerprint density at radius 2 is 2.10 bits per heavy atom. The molecule has 1 saturated heterocycles. The van der Waals surface area contributed by atoms with Crippen LogP contribution in [0.2, 0.25) is 0 Å². The van der Waals surface area contributed by atoms with Crippen LogP contribution in [0.1, 0.15) is 29.9 Å². The first kappa shape index (κ1) is 21.3. The van der Waals surface area contributed by atoms with Gasteiger partial charge in [0.25, 0.3) is 0 Å². The van der Waals surface area contributed by atoms with Crippen LogP contribution in [0.4, 0.5) is 0 Å². The molecule has 1 unspecified atom stereocenters. The number of methoxy groups -OCH3 is 1. The van der Waals surface area contributed by atoms with E-state index in [0.717, 1.165) is 30.8 Å². The van der Waals surface area contributed by atoms with E-state index < -0.39 is 0 Å².